The van der Waals surface area contributed by atoms with Gasteiger partial charge in [-0.3, -0.25) is 4.79 Å². The lowest BCUT2D eigenvalue weighted by Crippen LogP contribution is -2.14. The van der Waals surface area contributed by atoms with E-state index in [0.717, 1.165) is 16.7 Å². The van der Waals surface area contributed by atoms with E-state index in [9.17, 15) is 9.90 Å². The second-order valence-electron chi connectivity index (χ2n) is 4.32. The summed E-state index contributed by atoms with van der Waals surface area (Å²) >= 11 is 0. The molecule has 5 N–H and O–H groups in total. The molecule has 98 valence electrons. The average molecular weight is 257 g/mol. The highest BCUT2D eigenvalue weighted by Gasteiger charge is 2.09. The number of primary amides is 1. The number of carbonyl (C=O) groups excluding carboxylic acids is 1. The quantitative estimate of drug-likeness (QED) is 0.775. The smallest absolute Gasteiger partial charge is 0.252 e. The number of benzene rings is 1. The number of pyridine rings is 1. The van der Waals surface area contributed by atoms with Gasteiger partial charge in [0.15, 0.2) is 0 Å². The zero-order valence-electron chi connectivity index (χ0n) is 10.5. The van der Waals surface area contributed by atoms with Crippen molar-refractivity contribution in [3.8, 4) is 11.1 Å². The number of anilines is 1. The van der Waals surface area contributed by atoms with Crippen molar-refractivity contribution < 1.29 is 9.90 Å². The Kier molecular flexibility index (Phi) is 3.48. The van der Waals surface area contributed by atoms with E-state index in [2.05, 4.69) is 4.98 Å². The summed E-state index contributed by atoms with van der Waals surface area (Å²) in [7, 11) is 0. The number of carbonyl (C=O) groups is 1. The van der Waals surface area contributed by atoms with Crippen molar-refractivity contribution >= 4 is 11.7 Å². The number of nitrogens with two attached hydrogens (primary N) is 2. The fourth-order valence-corrected chi connectivity index (χ4v) is 1.78. The van der Waals surface area contributed by atoms with Gasteiger partial charge < -0.3 is 16.6 Å². The Balaban J connectivity index is 2.41. The normalized spacial score (nSPS) is 12.1. The number of rotatable bonds is 3. The summed E-state index contributed by atoms with van der Waals surface area (Å²) in [6, 6.07) is 8.95. The molecule has 1 heterocycles. The molecule has 5 heteroatoms. The molecule has 0 saturated carbocycles. The van der Waals surface area contributed by atoms with Crippen LogP contribution in [0, 0.1) is 0 Å². The van der Waals surface area contributed by atoms with Gasteiger partial charge in [0, 0.05) is 11.8 Å². The third-order valence-electron chi connectivity index (χ3n) is 2.91. The summed E-state index contributed by atoms with van der Waals surface area (Å²) in [5.74, 6) is -0.482. The molecular formula is C14H15N3O2. The molecule has 1 atom stereocenters. The van der Waals surface area contributed by atoms with Crippen LogP contribution in [0.2, 0.25) is 0 Å². The maximum absolute atomic E-state index is 11.2. The van der Waals surface area contributed by atoms with E-state index in [0.29, 0.717) is 0 Å². The maximum Gasteiger partial charge on any atom is 0.252 e. The largest absolute Gasteiger partial charge is 0.389 e. The minimum absolute atomic E-state index is 0.122. The third-order valence-corrected chi connectivity index (χ3v) is 2.91. The SMILES string of the molecule is CC(O)c1ccc(-c2cnc(N)c(C(N)=O)c2)cc1. The van der Waals surface area contributed by atoms with Gasteiger partial charge in [0.1, 0.15) is 5.82 Å². The van der Waals surface area contributed by atoms with E-state index in [1.165, 1.54) is 0 Å². The summed E-state index contributed by atoms with van der Waals surface area (Å²) in [6.07, 6.45) is 1.07. The van der Waals surface area contributed by atoms with E-state index in [1.54, 1.807) is 19.2 Å². The Hall–Kier alpha value is -2.40. The molecular weight excluding hydrogens is 242 g/mol. The van der Waals surface area contributed by atoms with E-state index < -0.39 is 12.0 Å². The predicted molar refractivity (Wildman–Crippen MR) is 73.2 cm³/mol. The number of amides is 1. The minimum atomic E-state index is -0.604. The lowest BCUT2D eigenvalue weighted by molar-refractivity contribution is 0.100. The molecule has 0 saturated heterocycles. The molecule has 1 aromatic heterocycles. The van der Waals surface area contributed by atoms with Crippen LogP contribution in [0.1, 0.15) is 28.9 Å². The van der Waals surface area contributed by atoms with Gasteiger partial charge in [0.05, 0.1) is 11.7 Å². The lowest BCUT2D eigenvalue weighted by atomic mass is 10.0. The number of nitrogen functional groups attached to an aromatic ring is 1. The molecule has 0 aliphatic carbocycles. The van der Waals surface area contributed by atoms with E-state index in [4.69, 9.17) is 11.5 Å². The highest BCUT2D eigenvalue weighted by Crippen LogP contribution is 2.23. The van der Waals surface area contributed by atoms with Crippen molar-refractivity contribution in [1.82, 2.24) is 4.98 Å². The standard InChI is InChI=1S/C14H15N3O2/c1-8(18)9-2-4-10(5-3-9)11-6-12(14(16)19)13(15)17-7-11/h2-8,18H,1H3,(H2,15,17)(H2,16,19). The monoisotopic (exact) mass is 257 g/mol. The molecule has 0 aliphatic heterocycles. The molecule has 0 bridgehead atoms. The third kappa shape index (κ3) is 2.71. The zero-order chi connectivity index (χ0) is 14.0. The average Bonchev–Trinajstić information content (AvgIpc) is 2.39. The summed E-state index contributed by atoms with van der Waals surface area (Å²) in [5.41, 5.74) is 13.5. The highest BCUT2D eigenvalue weighted by molar-refractivity contribution is 5.98. The van der Waals surface area contributed by atoms with Gasteiger partial charge in [-0.1, -0.05) is 24.3 Å². The van der Waals surface area contributed by atoms with E-state index >= 15 is 0 Å². The number of aliphatic hydroxyl groups is 1. The summed E-state index contributed by atoms with van der Waals surface area (Å²) in [6.45, 7) is 1.70. The second kappa shape index (κ2) is 5.07. The van der Waals surface area contributed by atoms with Crippen LogP contribution in [0.25, 0.3) is 11.1 Å². The fraction of sp³-hybridized carbons (Fsp3) is 0.143. The van der Waals surface area contributed by atoms with Crippen LogP contribution in [0.4, 0.5) is 5.82 Å². The topological polar surface area (TPSA) is 102 Å². The first-order valence-electron chi connectivity index (χ1n) is 5.82. The molecule has 1 aromatic carbocycles. The van der Waals surface area contributed by atoms with Crippen LogP contribution in [0.15, 0.2) is 36.5 Å². The van der Waals surface area contributed by atoms with Crippen LogP contribution in [0.3, 0.4) is 0 Å². The molecule has 19 heavy (non-hydrogen) atoms. The minimum Gasteiger partial charge on any atom is -0.389 e. The van der Waals surface area contributed by atoms with Gasteiger partial charge in [-0.15, -0.1) is 0 Å². The van der Waals surface area contributed by atoms with Crippen LogP contribution in [0.5, 0.6) is 0 Å². The Morgan fingerprint density at radius 2 is 1.89 bits per heavy atom. The Bertz CT molecular complexity index is 607. The summed E-state index contributed by atoms with van der Waals surface area (Å²) in [4.78, 5) is 15.2. The summed E-state index contributed by atoms with van der Waals surface area (Å²) in [5, 5.41) is 9.45. The molecule has 5 nitrogen and oxygen atoms in total. The van der Waals surface area contributed by atoms with E-state index in [1.807, 2.05) is 24.3 Å². The number of hydrogen-bond acceptors (Lipinski definition) is 4. The zero-order valence-corrected chi connectivity index (χ0v) is 10.5. The molecule has 0 spiro atoms. The second-order valence-corrected chi connectivity index (χ2v) is 4.32. The molecule has 2 aromatic rings. The molecule has 0 radical (unpaired) electrons. The Morgan fingerprint density at radius 1 is 1.26 bits per heavy atom. The number of nitrogens with zero attached hydrogens (tertiary/aromatic N) is 1. The number of aliphatic hydroxyl groups excluding tert-OH is 1. The Morgan fingerprint density at radius 3 is 2.42 bits per heavy atom. The first-order valence-corrected chi connectivity index (χ1v) is 5.82. The molecule has 1 unspecified atom stereocenters. The number of aromatic nitrogens is 1. The lowest BCUT2D eigenvalue weighted by Gasteiger charge is -2.08. The van der Waals surface area contributed by atoms with Crippen LogP contribution in [-0.2, 0) is 0 Å². The van der Waals surface area contributed by atoms with Crippen molar-refractivity contribution in [1.29, 1.82) is 0 Å². The molecule has 0 aliphatic rings. The molecule has 1 amide bonds. The Labute approximate surface area is 110 Å². The van der Waals surface area contributed by atoms with Gasteiger partial charge in [-0.25, -0.2) is 4.98 Å². The van der Waals surface area contributed by atoms with Crippen molar-refractivity contribution in [2.75, 3.05) is 5.73 Å². The van der Waals surface area contributed by atoms with Gasteiger partial charge in [0.2, 0.25) is 0 Å². The van der Waals surface area contributed by atoms with Crippen LogP contribution < -0.4 is 11.5 Å². The first-order chi connectivity index (χ1) is 8.99. The molecule has 0 fully saturated rings. The summed E-state index contributed by atoms with van der Waals surface area (Å²) < 4.78 is 0. The van der Waals surface area contributed by atoms with Crippen LogP contribution >= 0.6 is 0 Å². The number of hydrogen-bond donors (Lipinski definition) is 3. The maximum atomic E-state index is 11.2. The highest BCUT2D eigenvalue weighted by atomic mass is 16.3. The fourth-order valence-electron chi connectivity index (χ4n) is 1.78. The van der Waals surface area contributed by atoms with E-state index in [-0.39, 0.29) is 11.4 Å². The first kappa shape index (κ1) is 13.0. The van der Waals surface area contributed by atoms with Gasteiger partial charge in [0.25, 0.3) is 5.91 Å². The van der Waals surface area contributed by atoms with Crippen molar-refractivity contribution in [3.63, 3.8) is 0 Å². The van der Waals surface area contributed by atoms with Crippen molar-refractivity contribution in [2.45, 2.75) is 13.0 Å². The van der Waals surface area contributed by atoms with Gasteiger partial charge in [-0.05, 0) is 24.1 Å². The van der Waals surface area contributed by atoms with Gasteiger partial charge in [-0.2, -0.15) is 0 Å². The predicted octanol–water partition coefficient (Wildman–Crippen LogP) is 1.48. The van der Waals surface area contributed by atoms with Crippen molar-refractivity contribution in [3.05, 3.63) is 47.7 Å². The van der Waals surface area contributed by atoms with Crippen LogP contribution in [-0.4, -0.2) is 16.0 Å². The van der Waals surface area contributed by atoms with Gasteiger partial charge >= 0.3 is 0 Å². The van der Waals surface area contributed by atoms with Crippen molar-refractivity contribution in [2.24, 2.45) is 5.73 Å². The molecule has 2 rings (SSSR count).